The molecule has 3 aromatic carbocycles. The lowest BCUT2D eigenvalue weighted by atomic mass is 10.0. The molecule has 3 aromatic rings. The fourth-order valence-corrected chi connectivity index (χ4v) is 5.92. The van der Waals surface area contributed by atoms with E-state index in [4.69, 9.17) is 4.74 Å². The first kappa shape index (κ1) is 32.1. The van der Waals surface area contributed by atoms with Gasteiger partial charge in [0.05, 0.1) is 19.1 Å². The van der Waals surface area contributed by atoms with Crippen molar-refractivity contribution in [3.8, 4) is 5.75 Å². The van der Waals surface area contributed by atoms with E-state index in [0.717, 1.165) is 28.3 Å². The molecule has 41 heavy (non-hydrogen) atoms. The Morgan fingerprint density at radius 2 is 1.66 bits per heavy atom. The minimum absolute atomic E-state index is 0.0719. The third-order valence-electron chi connectivity index (χ3n) is 6.57. The molecule has 0 aliphatic rings. The quantitative estimate of drug-likeness (QED) is 0.247. The van der Waals surface area contributed by atoms with Gasteiger partial charge in [-0.05, 0) is 60.4 Å². The summed E-state index contributed by atoms with van der Waals surface area (Å²) in [5.74, 6) is 0.183. The summed E-state index contributed by atoms with van der Waals surface area (Å²) in [6.07, 6.45) is 2.63. The molecule has 0 radical (unpaired) electrons. The second-order valence-electron chi connectivity index (χ2n) is 9.78. The molecule has 2 amide bonds. The highest BCUT2D eigenvalue weighted by Crippen LogP contribution is 2.23. The van der Waals surface area contributed by atoms with Gasteiger partial charge in [0.2, 0.25) is 21.8 Å². The summed E-state index contributed by atoms with van der Waals surface area (Å²) in [7, 11) is -2.05. The number of nitrogens with zero attached hydrogens (tertiary/aromatic N) is 2. The predicted molar refractivity (Wildman–Crippen MR) is 166 cm³/mol. The molecule has 0 bridgehead atoms. The summed E-state index contributed by atoms with van der Waals surface area (Å²) < 4.78 is 32.6. The van der Waals surface area contributed by atoms with E-state index in [1.54, 1.807) is 36.3 Å². The summed E-state index contributed by atoms with van der Waals surface area (Å²) in [4.78, 5) is 28.9. The Hall–Kier alpha value is -3.37. The molecule has 3 rings (SSSR count). The second kappa shape index (κ2) is 15.6. The van der Waals surface area contributed by atoms with Gasteiger partial charge in [-0.3, -0.25) is 13.9 Å². The molecule has 8 nitrogen and oxygen atoms in total. The third kappa shape index (κ3) is 9.89. The van der Waals surface area contributed by atoms with Gasteiger partial charge in [-0.1, -0.05) is 65.3 Å². The van der Waals surface area contributed by atoms with Crippen LogP contribution >= 0.6 is 15.9 Å². The van der Waals surface area contributed by atoms with Crippen LogP contribution in [0.3, 0.4) is 0 Å². The summed E-state index contributed by atoms with van der Waals surface area (Å²) in [6, 6.07) is 23.3. The van der Waals surface area contributed by atoms with Crippen molar-refractivity contribution in [2.24, 2.45) is 0 Å². The van der Waals surface area contributed by atoms with Crippen LogP contribution in [-0.2, 0) is 32.6 Å². The number of halogens is 1. The van der Waals surface area contributed by atoms with Gasteiger partial charge in [0.1, 0.15) is 11.8 Å². The fourth-order valence-electron chi connectivity index (χ4n) is 4.50. The van der Waals surface area contributed by atoms with Gasteiger partial charge in [-0.15, -0.1) is 0 Å². The Morgan fingerprint density at radius 1 is 0.976 bits per heavy atom. The van der Waals surface area contributed by atoms with Crippen LogP contribution in [0.25, 0.3) is 0 Å². The molecule has 1 atom stereocenters. The van der Waals surface area contributed by atoms with Crippen LogP contribution in [0.1, 0.15) is 37.3 Å². The van der Waals surface area contributed by atoms with E-state index in [1.165, 1.54) is 4.31 Å². The lowest BCUT2D eigenvalue weighted by Gasteiger charge is -2.32. The van der Waals surface area contributed by atoms with E-state index in [9.17, 15) is 18.0 Å². The average molecular weight is 645 g/mol. The van der Waals surface area contributed by atoms with Crippen LogP contribution in [0.2, 0.25) is 0 Å². The Bertz CT molecular complexity index is 1380. The van der Waals surface area contributed by atoms with Crippen LogP contribution in [-0.4, -0.2) is 57.6 Å². The maximum absolute atomic E-state index is 13.8. The SMILES string of the molecule is CCCNC(=O)[C@H](Cc1ccccc1)N(Cc1cccc(Br)c1)C(=O)CCCN(c1ccc(OC)cc1)S(C)(=O)=O. The molecule has 1 N–H and O–H groups in total. The highest BCUT2D eigenvalue weighted by molar-refractivity contribution is 9.10. The van der Waals surface area contributed by atoms with Gasteiger partial charge in [0.25, 0.3) is 0 Å². The Balaban J connectivity index is 1.86. The smallest absolute Gasteiger partial charge is 0.243 e. The van der Waals surface area contributed by atoms with E-state index >= 15 is 0 Å². The molecule has 10 heteroatoms. The number of rotatable bonds is 15. The second-order valence-corrected chi connectivity index (χ2v) is 12.6. The van der Waals surface area contributed by atoms with Gasteiger partial charge in [-0.2, -0.15) is 0 Å². The lowest BCUT2D eigenvalue weighted by molar-refractivity contribution is -0.141. The van der Waals surface area contributed by atoms with Crippen molar-refractivity contribution >= 4 is 43.5 Å². The number of carbonyl (C=O) groups is 2. The van der Waals surface area contributed by atoms with Crippen molar-refractivity contribution in [3.63, 3.8) is 0 Å². The molecule has 0 saturated heterocycles. The Morgan fingerprint density at radius 3 is 2.27 bits per heavy atom. The van der Waals surface area contributed by atoms with Crippen LogP contribution in [0.4, 0.5) is 5.69 Å². The monoisotopic (exact) mass is 643 g/mol. The number of benzene rings is 3. The number of ether oxygens (including phenoxy) is 1. The molecule has 0 aromatic heterocycles. The number of amides is 2. The van der Waals surface area contributed by atoms with Crippen molar-refractivity contribution < 1.29 is 22.7 Å². The van der Waals surface area contributed by atoms with Crippen LogP contribution in [0, 0.1) is 0 Å². The number of carbonyl (C=O) groups excluding carboxylic acids is 2. The normalized spacial score (nSPS) is 11.9. The van der Waals surface area contributed by atoms with Gasteiger partial charge >= 0.3 is 0 Å². The van der Waals surface area contributed by atoms with E-state index < -0.39 is 16.1 Å². The largest absolute Gasteiger partial charge is 0.497 e. The van der Waals surface area contributed by atoms with Crippen molar-refractivity contribution in [2.75, 3.05) is 30.8 Å². The van der Waals surface area contributed by atoms with E-state index in [2.05, 4.69) is 21.2 Å². The van der Waals surface area contributed by atoms with Gasteiger partial charge < -0.3 is 15.0 Å². The zero-order valence-electron chi connectivity index (χ0n) is 23.8. The van der Waals surface area contributed by atoms with E-state index in [0.29, 0.717) is 24.4 Å². The average Bonchev–Trinajstić information content (AvgIpc) is 2.95. The number of methoxy groups -OCH3 is 1. The van der Waals surface area contributed by atoms with E-state index in [1.807, 2.05) is 61.5 Å². The van der Waals surface area contributed by atoms with Crippen molar-refractivity contribution in [1.29, 1.82) is 0 Å². The van der Waals surface area contributed by atoms with E-state index in [-0.39, 0.29) is 37.7 Å². The van der Waals surface area contributed by atoms with Crippen LogP contribution in [0.15, 0.2) is 83.3 Å². The zero-order valence-corrected chi connectivity index (χ0v) is 26.2. The van der Waals surface area contributed by atoms with Gasteiger partial charge in [-0.25, -0.2) is 8.42 Å². The molecule has 0 saturated carbocycles. The van der Waals surface area contributed by atoms with Gasteiger partial charge in [0, 0.05) is 36.9 Å². The topological polar surface area (TPSA) is 96.0 Å². The molecule has 0 fully saturated rings. The summed E-state index contributed by atoms with van der Waals surface area (Å²) in [5.41, 5.74) is 2.32. The Kier molecular flexibility index (Phi) is 12.2. The summed E-state index contributed by atoms with van der Waals surface area (Å²) >= 11 is 3.50. The number of hydrogen-bond donors (Lipinski definition) is 1. The number of sulfonamides is 1. The summed E-state index contributed by atoms with van der Waals surface area (Å²) in [6.45, 7) is 2.85. The van der Waals surface area contributed by atoms with Crippen molar-refractivity contribution in [3.05, 3.63) is 94.5 Å². The number of anilines is 1. The molecule has 0 aliphatic heterocycles. The van der Waals surface area contributed by atoms with Crippen LogP contribution in [0.5, 0.6) is 5.75 Å². The minimum atomic E-state index is -3.59. The molecule has 0 heterocycles. The molecule has 0 aliphatic carbocycles. The molecular formula is C31H38BrN3O5S. The molecular weight excluding hydrogens is 606 g/mol. The summed E-state index contributed by atoms with van der Waals surface area (Å²) in [5, 5.41) is 2.97. The molecule has 220 valence electrons. The highest BCUT2D eigenvalue weighted by Gasteiger charge is 2.30. The minimum Gasteiger partial charge on any atom is -0.497 e. The lowest BCUT2D eigenvalue weighted by Crippen LogP contribution is -2.50. The van der Waals surface area contributed by atoms with Crippen molar-refractivity contribution in [1.82, 2.24) is 10.2 Å². The molecule has 0 unspecified atom stereocenters. The Labute approximate surface area is 251 Å². The maximum atomic E-state index is 13.8. The standard InChI is InChI=1S/C31H38BrN3O5S/c1-4-19-33-31(37)29(22-24-10-6-5-7-11-24)34(23-25-12-8-13-26(32)21-25)30(36)14-9-20-35(41(3,38)39)27-15-17-28(40-2)18-16-27/h5-8,10-13,15-18,21,29H,4,9,14,19-20,22-23H2,1-3H3,(H,33,37)/t29-/m0/s1. The highest BCUT2D eigenvalue weighted by atomic mass is 79.9. The maximum Gasteiger partial charge on any atom is 0.243 e. The first-order chi connectivity index (χ1) is 19.6. The first-order valence-electron chi connectivity index (χ1n) is 13.6. The number of nitrogens with one attached hydrogen (secondary N) is 1. The van der Waals surface area contributed by atoms with Crippen molar-refractivity contribution in [2.45, 2.75) is 45.2 Å². The van der Waals surface area contributed by atoms with Crippen LogP contribution < -0.4 is 14.4 Å². The zero-order chi connectivity index (χ0) is 29.8. The first-order valence-corrected chi connectivity index (χ1v) is 16.2. The third-order valence-corrected chi connectivity index (χ3v) is 8.26. The number of hydrogen-bond acceptors (Lipinski definition) is 5. The van der Waals surface area contributed by atoms with Gasteiger partial charge in [0.15, 0.2) is 0 Å². The predicted octanol–water partition coefficient (Wildman–Crippen LogP) is 5.17. The molecule has 0 spiro atoms. The fraction of sp³-hybridized carbons (Fsp3) is 0.355.